The van der Waals surface area contributed by atoms with Gasteiger partial charge in [-0.1, -0.05) is 18.2 Å². The predicted octanol–water partition coefficient (Wildman–Crippen LogP) is 3.85. The van der Waals surface area contributed by atoms with Gasteiger partial charge < -0.3 is 14.2 Å². The summed E-state index contributed by atoms with van der Waals surface area (Å²) in [6, 6.07) is 13.2. The van der Waals surface area contributed by atoms with Gasteiger partial charge in [-0.25, -0.2) is 4.79 Å². The molecule has 0 aromatic heterocycles. The fourth-order valence-electron chi connectivity index (χ4n) is 1.95. The summed E-state index contributed by atoms with van der Waals surface area (Å²) in [7, 11) is 1.31. The summed E-state index contributed by atoms with van der Waals surface area (Å²) < 4.78 is 16.3. The number of carbonyl (C=O) groups excluding carboxylic acids is 1. The second-order valence-corrected chi connectivity index (χ2v) is 5.72. The highest BCUT2D eigenvalue weighted by Crippen LogP contribution is 2.36. The number of hydrogen-bond acceptors (Lipinski definition) is 6. The van der Waals surface area contributed by atoms with E-state index in [0.717, 1.165) is 11.3 Å². The van der Waals surface area contributed by atoms with Crippen molar-refractivity contribution < 1.29 is 19.0 Å². The zero-order valence-electron chi connectivity index (χ0n) is 14.0. The van der Waals surface area contributed by atoms with E-state index in [2.05, 4.69) is 31.2 Å². The molecule has 25 heavy (non-hydrogen) atoms. The van der Waals surface area contributed by atoms with Gasteiger partial charge in [-0.2, -0.15) is 5.10 Å². The Morgan fingerprint density at radius 3 is 2.68 bits per heavy atom. The summed E-state index contributed by atoms with van der Waals surface area (Å²) in [6.45, 7) is 2.14. The highest BCUT2D eigenvalue weighted by Gasteiger charge is 2.13. The summed E-state index contributed by atoms with van der Waals surface area (Å²) in [5.41, 5.74) is 4.65. The topological polar surface area (TPSA) is 69.1 Å². The van der Waals surface area contributed by atoms with E-state index in [4.69, 9.17) is 9.47 Å². The molecule has 1 N–H and O–H groups in total. The third-order valence-corrected chi connectivity index (χ3v) is 3.66. The Morgan fingerprint density at radius 1 is 1.24 bits per heavy atom. The quantitative estimate of drug-likeness (QED) is 0.409. The maximum Gasteiger partial charge on any atom is 0.343 e. The molecule has 0 unspecified atom stereocenters. The number of esters is 1. The average Bonchev–Trinajstić information content (AvgIpc) is 2.62. The number of methoxy groups -OCH3 is 1. The van der Waals surface area contributed by atoms with Gasteiger partial charge >= 0.3 is 5.97 Å². The lowest BCUT2D eigenvalue weighted by molar-refractivity contribution is -0.142. The van der Waals surface area contributed by atoms with Crippen LogP contribution >= 0.6 is 15.9 Å². The van der Waals surface area contributed by atoms with Crippen LogP contribution < -0.4 is 14.9 Å². The number of para-hydroxylation sites is 1. The number of anilines is 1. The van der Waals surface area contributed by atoms with Crippen LogP contribution in [0.3, 0.4) is 0 Å². The Morgan fingerprint density at radius 2 is 2.00 bits per heavy atom. The van der Waals surface area contributed by atoms with Gasteiger partial charge in [0.15, 0.2) is 18.1 Å². The van der Waals surface area contributed by atoms with E-state index in [1.54, 1.807) is 12.3 Å². The second-order valence-electron chi connectivity index (χ2n) is 4.86. The Hall–Kier alpha value is -2.54. The Kier molecular flexibility index (Phi) is 7.28. The number of nitrogens with one attached hydrogen (secondary N) is 1. The summed E-state index contributed by atoms with van der Waals surface area (Å²) >= 11 is 3.44. The Balaban J connectivity index is 2.15. The lowest BCUT2D eigenvalue weighted by Crippen LogP contribution is -2.13. The highest BCUT2D eigenvalue weighted by molar-refractivity contribution is 9.10. The molecule has 0 bridgehead atoms. The fourth-order valence-corrected chi connectivity index (χ4v) is 2.52. The standard InChI is InChI=1S/C18H19BrN2O4/c1-3-24-16-10-13(11-20-21-14-7-5-4-6-8-14)9-15(19)18(16)25-12-17(22)23-2/h4-11,21H,3,12H2,1-2H3. The minimum absolute atomic E-state index is 0.196. The molecule has 0 atom stereocenters. The minimum Gasteiger partial charge on any atom is -0.490 e. The zero-order chi connectivity index (χ0) is 18.1. The van der Waals surface area contributed by atoms with Crippen molar-refractivity contribution in [3.63, 3.8) is 0 Å². The van der Waals surface area contributed by atoms with Crippen LogP contribution in [-0.4, -0.2) is 32.5 Å². The predicted molar refractivity (Wildman–Crippen MR) is 100 cm³/mol. The summed E-state index contributed by atoms with van der Waals surface area (Å²) in [5.74, 6) is 0.495. The molecule has 0 aliphatic carbocycles. The molecular formula is C18H19BrN2O4. The van der Waals surface area contributed by atoms with E-state index in [-0.39, 0.29) is 6.61 Å². The monoisotopic (exact) mass is 406 g/mol. The molecule has 0 radical (unpaired) electrons. The first kappa shape index (κ1) is 18.8. The Bertz CT molecular complexity index is 735. The molecule has 0 saturated heterocycles. The zero-order valence-corrected chi connectivity index (χ0v) is 15.6. The van der Waals surface area contributed by atoms with Crippen LogP contribution in [0.4, 0.5) is 5.69 Å². The molecule has 2 rings (SSSR count). The fraction of sp³-hybridized carbons (Fsp3) is 0.222. The summed E-state index contributed by atoms with van der Waals surface area (Å²) in [4.78, 5) is 11.3. The number of rotatable bonds is 8. The van der Waals surface area contributed by atoms with Crippen LogP contribution in [0.15, 0.2) is 52.0 Å². The molecule has 2 aromatic rings. The molecule has 0 heterocycles. The van der Waals surface area contributed by atoms with Crippen molar-refractivity contribution in [2.45, 2.75) is 6.92 Å². The van der Waals surface area contributed by atoms with Gasteiger partial charge in [0.05, 0.1) is 30.1 Å². The SMILES string of the molecule is CCOc1cc(C=NNc2ccccc2)cc(Br)c1OCC(=O)OC. The van der Waals surface area contributed by atoms with E-state index < -0.39 is 5.97 Å². The van der Waals surface area contributed by atoms with E-state index in [0.29, 0.717) is 22.6 Å². The third-order valence-electron chi connectivity index (χ3n) is 3.07. The first-order valence-electron chi connectivity index (χ1n) is 7.64. The van der Waals surface area contributed by atoms with Gasteiger partial charge in [-0.05, 0) is 52.7 Å². The number of halogens is 1. The first-order chi connectivity index (χ1) is 12.1. The van der Waals surface area contributed by atoms with Crippen molar-refractivity contribution >= 4 is 33.8 Å². The largest absolute Gasteiger partial charge is 0.490 e. The number of benzene rings is 2. The van der Waals surface area contributed by atoms with Crippen molar-refractivity contribution in [1.29, 1.82) is 0 Å². The first-order valence-corrected chi connectivity index (χ1v) is 8.43. The molecule has 0 saturated carbocycles. The molecule has 0 aliphatic heterocycles. The molecule has 132 valence electrons. The highest BCUT2D eigenvalue weighted by atomic mass is 79.9. The molecular weight excluding hydrogens is 388 g/mol. The summed E-state index contributed by atoms with van der Waals surface area (Å²) in [5, 5.41) is 4.21. The number of carbonyl (C=O) groups is 1. The third kappa shape index (κ3) is 5.79. The van der Waals surface area contributed by atoms with E-state index >= 15 is 0 Å². The molecule has 0 spiro atoms. The van der Waals surface area contributed by atoms with E-state index in [1.807, 2.05) is 43.3 Å². The molecule has 0 amide bonds. The van der Waals surface area contributed by atoms with E-state index in [9.17, 15) is 4.79 Å². The van der Waals surface area contributed by atoms with Crippen LogP contribution in [0.1, 0.15) is 12.5 Å². The molecule has 6 nitrogen and oxygen atoms in total. The molecule has 2 aromatic carbocycles. The smallest absolute Gasteiger partial charge is 0.343 e. The number of nitrogens with zero attached hydrogens (tertiary/aromatic N) is 1. The van der Waals surface area contributed by atoms with Gasteiger partial charge in [0.25, 0.3) is 0 Å². The lowest BCUT2D eigenvalue weighted by Gasteiger charge is -2.13. The molecule has 0 fully saturated rings. The number of hydrogen-bond donors (Lipinski definition) is 1. The second kappa shape index (κ2) is 9.68. The van der Waals surface area contributed by atoms with Crippen LogP contribution in [0.2, 0.25) is 0 Å². The van der Waals surface area contributed by atoms with Gasteiger partial charge in [0.1, 0.15) is 0 Å². The molecule has 0 aliphatic rings. The number of ether oxygens (including phenoxy) is 3. The summed E-state index contributed by atoms with van der Waals surface area (Å²) in [6.07, 6.45) is 1.67. The van der Waals surface area contributed by atoms with Crippen molar-refractivity contribution in [1.82, 2.24) is 0 Å². The maximum absolute atomic E-state index is 11.3. The number of hydrazone groups is 1. The minimum atomic E-state index is -0.466. The average molecular weight is 407 g/mol. The van der Waals surface area contributed by atoms with Gasteiger partial charge in [0.2, 0.25) is 0 Å². The van der Waals surface area contributed by atoms with Crippen molar-refractivity contribution in [2.75, 3.05) is 25.7 Å². The van der Waals surface area contributed by atoms with Crippen molar-refractivity contribution in [2.24, 2.45) is 5.10 Å². The van der Waals surface area contributed by atoms with Crippen molar-refractivity contribution in [3.05, 3.63) is 52.5 Å². The van der Waals surface area contributed by atoms with Crippen molar-refractivity contribution in [3.8, 4) is 11.5 Å². The molecule has 7 heteroatoms. The van der Waals surface area contributed by atoms with Crippen LogP contribution in [0.5, 0.6) is 11.5 Å². The normalized spacial score (nSPS) is 10.5. The lowest BCUT2D eigenvalue weighted by atomic mass is 10.2. The van der Waals surface area contributed by atoms with Gasteiger partial charge in [-0.15, -0.1) is 0 Å². The van der Waals surface area contributed by atoms with Gasteiger partial charge in [0, 0.05) is 0 Å². The Labute approximate surface area is 154 Å². The van der Waals surface area contributed by atoms with Gasteiger partial charge in [-0.3, -0.25) is 5.43 Å². The van der Waals surface area contributed by atoms with Crippen LogP contribution in [0.25, 0.3) is 0 Å². The van der Waals surface area contributed by atoms with Crippen LogP contribution in [0, 0.1) is 0 Å². The van der Waals surface area contributed by atoms with Crippen LogP contribution in [-0.2, 0) is 9.53 Å². The maximum atomic E-state index is 11.3. The van der Waals surface area contributed by atoms with E-state index in [1.165, 1.54) is 7.11 Å².